The maximum atomic E-state index is 12.7. The normalized spacial score (nSPS) is 10.5. The SMILES string of the molecule is COc1ccnc(-c2[c-]cc(F)cc2)c1.FC(F)(F)c1cc(-c2cnccn2)[n-]n1.[Ir]. The summed E-state index contributed by atoms with van der Waals surface area (Å²) >= 11 is 0. The van der Waals surface area contributed by atoms with Crippen molar-refractivity contribution in [1.82, 2.24) is 25.1 Å². The number of methoxy groups -OCH3 is 1. The third-order valence-electron chi connectivity index (χ3n) is 3.67. The Kier molecular flexibility index (Phi) is 8.35. The molecule has 0 unspecified atom stereocenters. The van der Waals surface area contributed by atoms with Crippen molar-refractivity contribution in [1.29, 1.82) is 0 Å². The van der Waals surface area contributed by atoms with E-state index in [2.05, 4.69) is 31.2 Å². The van der Waals surface area contributed by atoms with E-state index in [0.29, 0.717) is 5.69 Å². The van der Waals surface area contributed by atoms with Gasteiger partial charge in [-0.2, -0.15) is 13.2 Å². The molecule has 0 spiro atoms. The van der Waals surface area contributed by atoms with Crippen molar-refractivity contribution in [2.75, 3.05) is 7.11 Å². The summed E-state index contributed by atoms with van der Waals surface area (Å²) in [5, 5.41) is 6.40. The minimum absolute atomic E-state index is 0. The molecule has 163 valence electrons. The third kappa shape index (κ3) is 6.66. The van der Waals surface area contributed by atoms with Crippen LogP contribution in [0.3, 0.4) is 0 Å². The van der Waals surface area contributed by atoms with Gasteiger partial charge in [0.25, 0.3) is 0 Å². The van der Waals surface area contributed by atoms with Crippen LogP contribution in [0.5, 0.6) is 5.75 Å². The van der Waals surface area contributed by atoms with E-state index < -0.39 is 11.9 Å². The number of hydrogen-bond acceptors (Lipinski definition) is 5. The minimum atomic E-state index is -4.48. The standard InChI is InChI=1S/C12H9FNO.C8H4F3N4.Ir/c1-15-11-6-7-14-12(8-11)9-2-4-10(13)5-3-9;9-8(10,11)7-3-5(14-15-7)6-4-12-1-2-13-6;/h2,4-8H,1H3;1-4H;/q2*-1;. The number of halogens is 4. The predicted octanol–water partition coefficient (Wildman–Crippen LogP) is 4.21. The van der Waals surface area contributed by atoms with Gasteiger partial charge in [0.05, 0.1) is 19.0 Å². The molecule has 0 bridgehead atoms. The fourth-order valence-electron chi connectivity index (χ4n) is 2.24. The van der Waals surface area contributed by atoms with E-state index in [1.165, 1.54) is 30.7 Å². The van der Waals surface area contributed by atoms with Gasteiger partial charge in [0.1, 0.15) is 11.4 Å². The quantitative estimate of drug-likeness (QED) is 0.257. The molecule has 31 heavy (non-hydrogen) atoms. The first kappa shape index (κ1) is 24.1. The molecule has 0 fully saturated rings. The van der Waals surface area contributed by atoms with Gasteiger partial charge in [-0.05, 0) is 23.9 Å². The van der Waals surface area contributed by atoms with Crippen molar-refractivity contribution in [2.45, 2.75) is 6.18 Å². The van der Waals surface area contributed by atoms with Gasteiger partial charge in [0.2, 0.25) is 0 Å². The molecule has 0 N–H and O–H groups in total. The van der Waals surface area contributed by atoms with Crippen LogP contribution in [0.4, 0.5) is 17.6 Å². The van der Waals surface area contributed by atoms with Crippen molar-refractivity contribution in [2.24, 2.45) is 0 Å². The molecule has 0 aliphatic rings. The number of pyridine rings is 1. The summed E-state index contributed by atoms with van der Waals surface area (Å²) in [6.45, 7) is 0. The van der Waals surface area contributed by atoms with Crippen molar-refractivity contribution in [3.05, 3.63) is 78.8 Å². The number of alkyl halides is 3. The third-order valence-corrected chi connectivity index (χ3v) is 3.67. The van der Waals surface area contributed by atoms with Crippen LogP contribution in [-0.2, 0) is 26.3 Å². The zero-order chi connectivity index (χ0) is 21.6. The van der Waals surface area contributed by atoms with E-state index >= 15 is 0 Å². The summed E-state index contributed by atoms with van der Waals surface area (Å²) in [6.07, 6.45) is 1.28. The maximum absolute atomic E-state index is 12.7. The zero-order valence-electron chi connectivity index (χ0n) is 15.8. The molecule has 0 amide bonds. The fourth-order valence-corrected chi connectivity index (χ4v) is 2.24. The molecule has 3 heterocycles. The summed E-state index contributed by atoms with van der Waals surface area (Å²) in [4.78, 5) is 11.7. The average molecular weight is 608 g/mol. The largest absolute Gasteiger partial charge is 0.573 e. The van der Waals surface area contributed by atoms with Crippen LogP contribution in [0.15, 0.2) is 61.2 Å². The molecule has 0 aliphatic heterocycles. The van der Waals surface area contributed by atoms with E-state index in [1.807, 2.05) is 0 Å². The summed E-state index contributed by atoms with van der Waals surface area (Å²) in [5.41, 5.74) is 0.767. The Morgan fingerprint density at radius 2 is 1.77 bits per heavy atom. The smallest absolute Gasteiger partial charge is 0.431 e. The Bertz CT molecular complexity index is 1090. The molecule has 3 aromatic heterocycles. The molecule has 11 heteroatoms. The first-order valence-electron chi connectivity index (χ1n) is 8.38. The maximum Gasteiger partial charge on any atom is 0.431 e. The predicted molar refractivity (Wildman–Crippen MR) is 98.6 cm³/mol. The van der Waals surface area contributed by atoms with Gasteiger partial charge in [-0.15, -0.1) is 29.8 Å². The van der Waals surface area contributed by atoms with Crippen LogP contribution in [0, 0.1) is 11.9 Å². The van der Waals surface area contributed by atoms with Gasteiger partial charge in [-0.25, -0.2) is 0 Å². The summed E-state index contributed by atoms with van der Waals surface area (Å²) in [7, 11) is 1.59. The first-order chi connectivity index (χ1) is 14.4. The van der Waals surface area contributed by atoms with Crippen molar-refractivity contribution >= 4 is 0 Å². The Balaban J connectivity index is 0.000000213. The van der Waals surface area contributed by atoms with Gasteiger partial charge in [0.15, 0.2) is 0 Å². The second-order valence-electron chi connectivity index (χ2n) is 5.70. The molecule has 4 rings (SSSR count). The number of ether oxygens (including phenoxy) is 1. The topological polar surface area (TPSA) is 74.9 Å². The molecule has 1 aromatic carbocycles. The van der Waals surface area contributed by atoms with Gasteiger partial charge in [0, 0.05) is 44.5 Å². The summed E-state index contributed by atoms with van der Waals surface area (Å²) in [6, 6.07) is 11.5. The molecule has 0 saturated heterocycles. The van der Waals surface area contributed by atoms with E-state index in [4.69, 9.17) is 4.74 Å². The van der Waals surface area contributed by atoms with Crippen LogP contribution in [0.2, 0.25) is 0 Å². The molecular weight excluding hydrogens is 594 g/mol. The monoisotopic (exact) mass is 608 g/mol. The number of benzene rings is 1. The van der Waals surface area contributed by atoms with Crippen LogP contribution in [-0.4, -0.2) is 27.2 Å². The minimum Gasteiger partial charge on any atom is -0.573 e. The molecular formula is C20H13F4IrN5O-2. The molecule has 4 aromatic rings. The number of rotatable bonds is 3. The molecule has 0 saturated carbocycles. The second-order valence-corrected chi connectivity index (χ2v) is 5.70. The molecule has 1 radical (unpaired) electrons. The van der Waals surface area contributed by atoms with E-state index in [1.54, 1.807) is 31.5 Å². The Labute approximate surface area is 188 Å². The zero-order valence-corrected chi connectivity index (χ0v) is 18.2. The Morgan fingerprint density at radius 3 is 2.35 bits per heavy atom. The molecule has 0 atom stereocenters. The Hall–Kier alpha value is -3.17. The number of nitrogens with zero attached hydrogens (tertiary/aromatic N) is 5. The van der Waals surface area contributed by atoms with E-state index in [9.17, 15) is 17.6 Å². The molecule has 0 aliphatic carbocycles. The fraction of sp³-hybridized carbons (Fsp3) is 0.100. The van der Waals surface area contributed by atoms with Crippen LogP contribution in [0.1, 0.15) is 5.69 Å². The van der Waals surface area contributed by atoms with Gasteiger partial charge in [-0.1, -0.05) is 5.69 Å². The molecule has 6 nitrogen and oxygen atoms in total. The summed E-state index contributed by atoms with van der Waals surface area (Å²) in [5.74, 6) is 0.416. The number of hydrogen-bond donors (Lipinski definition) is 0. The van der Waals surface area contributed by atoms with E-state index in [-0.39, 0.29) is 37.3 Å². The van der Waals surface area contributed by atoms with Crippen LogP contribution >= 0.6 is 0 Å². The van der Waals surface area contributed by atoms with Crippen LogP contribution < -0.4 is 9.84 Å². The van der Waals surface area contributed by atoms with Gasteiger partial charge >= 0.3 is 6.18 Å². The van der Waals surface area contributed by atoms with Crippen molar-refractivity contribution in [3.63, 3.8) is 0 Å². The average Bonchev–Trinajstić information content (AvgIpc) is 3.26. The van der Waals surface area contributed by atoms with Gasteiger partial charge < -0.3 is 19.9 Å². The Morgan fingerprint density at radius 1 is 1.00 bits per heavy atom. The van der Waals surface area contributed by atoms with Crippen LogP contribution in [0.25, 0.3) is 22.6 Å². The van der Waals surface area contributed by atoms with E-state index in [0.717, 1.165) is 17.4 Å². The summed E-state index contributed by atoms with van der Waals surface area (Å²) < 4.78 is 54.3. The first-order valence-corrected chi connectivity index (χ1v) is 8.38. The van der Waals surface area contributed by atoms with Crippen molar-refractivity contribution < 1.29 is 42.4 Å². The number of aromatic nitrogens is 5. The second kappa shape index (κ2) is 10.7. The van der Waals surface area contributed by atoms with Crippen molar-refractivity contribution in [3.8, 4) is 28.4 Å². The van der Waals surface area contributed by atoms with Gasteiger partial charge in [-0.3, -0.25) is 14.4 Å².